The first kappa shape index (κ1) is 15.7. The number of hydrogen-bond donors (Lipinski definition) is 3. The summed E-state index contributed by atoms with van der Waals surface area (Å²) in [5.74, 6) is -0.742. The molecular formula is C15H16N6O3. The molecule has 1 aromatic carbocycles. The van der Waals surface area contributed by atoms with Crippen molar-refractivity contribution < 1.29 is 14.4 Å². The fourth-order valence-electron chi connectivity index (χ4n) is 2.36. The third-order valence-corrected chi connectivity index (χ3v) is 3.53. The summed E-state index contributed by atoms with van der Waals surface area (Å²) in [4.78, 5) is 40.4. The monoisotopic (exact) mass is 328 g/mol. The quantitative estimate of drug-likeness (QED) is 0.704. The second-order valence-corrected chi connectivity index (χ2v) is 5.38. The minimum atomic E-state index is -0.943. The van der Waals surface area contributed by atoms with Crippen LogP contribution in [0.2, 0.25) is 0 Å². The molecule has 1 atom stereocenters. The molecule has 0 aliphatic carbocycles. The number of carbonyl (C=O) groups is 3. The summed E-state index contributed by atoms with van der Waals surface area (Å²) in [5, 5.41) is 11.9. The van der Waals surface area contributed by atoms with Crippen LogP contribution < -0.4 is 16.0 Å². The molecule has 3 N–H and O–H groups in total. The van der Waals surface area contributed by atoms with Gasteiger partial charge in [-0.05, 0) is 12.1 Å². The molecule has 0 spiro atoms. The Hall–Kier alpha value is -3.23. The molecule has 24 heavy (non-hydrogen) atoms. The van der Waals surface area contributed by atoms with E-state index in [-0.39, 0.29) is 18.9 Å². The van der Waals surface area contributed by atoms with Crippen LogP contribution in [0.15, 0.2) is 30.6 Å². The van der Waals surface area contributed by atoms with Crippen LogP contribution in [0.5, 0.6) is 0 Å². The second-order valence-electron chi connectivity index (χ2n) is 5.38. The van der Waals surface area contributed by atoms with E-state index < -0.39 is 17.9 Å². The van der Waals surface area contributed by atoms with Gasteiger partial charge in [0.05, 0.1) is 24.2 Å². The van der Waals surface area contributed by atoms with E-state index in [1.165, 1.54) is 11.0 Å². The average molecular weight is 328 g/mol. The molecule has 1 aliphatic rings. The summed E-state index contributed by atoms with van der Waals surface area (Å²) >= 11 is 0. The molecule has 0 saturated carbocycles. The lowest BCUT2D eigenvalue weighted by Crippen LogP contribution is -2.44. The predicted molar refractivity (Wildman–Crippen MR) is 83.8 cm³/mol. The van der Waals surface area contributed by atoms with Gasteiger partial charge in [-0.3, -0.25) is 19.1 Å². The van der Waals surface area contributed by atoms with Gasteiger partial charge >= 0.3 is 0 Å². The first-order valence-corrected chi connectivity index (χ1v) is 7.35. The second kappa shape index (κ2) is 6.49. The summed E-state index contributed by atoms with van der Waals surface area (Å²) < 4.78 is 1.53. The van der Waals surface area contributed by atoms with E-state index >= 15 is 0 Å². The van der Waals surface area contributed by atoms with Gasteiger partial charge in [0.1, 0.15) is 12.4 Å². The number of hydrogen-bond acceptors (Lipinski definition) is 5. The van der Waals surface area contributed by atoms with Gasteiger partial charge in [-0.15, -0.1) is 0 Å². The van der Waals surface area contributed by atoms with Crippen molar-refractivity contribution in [2.75, 3.05) is 5.32 Å². The molecule has 124 valence electrons. The van der Waals surface area contributed by atoms with E-state index in [0.29, 0.717) is 17.1 Å². The van der Waals surface area contributed by atoms with E-state index in [4.69, 9.17) is 0 Å². The Balaban J connectivity index is 1.62. The van der Waals surface area contributed by atoms with Crippen molar-refractivity contribution in [2.24, 2.45) is 7.05 Å². The molecule has 2 heterocycles. The Morgan fingerprint density at radius 1 is 1.33 bits per heavy atom. The highest BCUT2D eigenvalue weighted by molar-refractivity contribution is 6.10. The van der Waals surface area contributed by atoms with Crippen LogP contribution in [0.1, 0.15) is 22.6 Å². The molecule has 1 aromatic heterocycles. The number of carbonyl (C=O) groups excluding carboxylic acids is 3. The van der Waals surface area contributed by atoms with E-state index in [2.05, 4.69) is 26.0 Å². The van der Waals surface area contributed by atoms with Gasteiger partial charge in [0.2, 0.25) is 11.8 Å². The van der Waals surface area contributed by atoms with Crippen LogP contribution in [-0.2, 0) is 23.2 Å². The molecule has 1 unspecified atom stereocenters. The maximum atomic E-state index is 12.2. The molecule has 0 bridgehead atoms. The normalized spacial score (nSPS) is 16.6. The van der Waals surface area contributed by atoms with Gasteiger partial charge in [-0.25, -0.2) is 4.98 Å². The third-order valence-electron chi connectivity index (χ3n) is 3.53. The lowest BCUT2D eigenvalue weighted by Gasteiger charge is -2.13. The number of anilines is 1. The number of nitrogens with one attached hydrogen (secondary N) is 3. The van der Waals surface area contributed by atoms with E-state index in [1.807, 2.05) is 0 Å². The minimum Gasteiger partial charge on any atom is -0.349 e. The zero-order chi connectivity index (χ0) is 17.1. The Morgan fingerprint density at radius 3 is 2.88 bits per heavy atom. The number of benzene rings is 1. The van der Waals surface area contributed by atoms with Gasteiger partial charge in [0, 0.05) is 7.05 Å². The van der Waals surface area contributed by atoms with E-state index in [1.54, 1.807) is 31.3 Å². The van der Waals surface area contributed by atoms with Gasteiger partial charge in [-0.2, -0.15) is 5.10 Å². The number of para-hydroxylation sites is 1. The Kier molecular flexibility index (Phi) is 4.23. The van der Waals surface area contributed by atoms with Crippen molar-refractivity contribution in [3.8, 4) is 0 Å². The van der Waals surface area contributed by atoms with Gasteiger partial charge < -0.3 is 16.0 Å². The number of amides is 3. The van der Waals surface area contributed by atoms with Crippen molar-refractivity contribution in [3.63, 3.8) is 0 Å². The molecule has 0 radical (unpaired) electrons. The van der Waals surface area contributed by atoms with Crippen LogP contribution in [0.3, 0.4) is 0 Å². The van der Waals surface area contributed by atoms with Crippen molar-refractivity contribution in [1.82, 2.24) is 25.4 Å². The molecule has 9 nitrogen and oxygen atoms in total. The molecule has 2 aromatic rings. The van der Waals surface area contributed by atoms with Gasteiger partial charge in [-0.1, -0.05) is 12.1 Å². The summed E-state index contributed by atoms with van der Waals surface area (Å²) in [6.45, 7) is 0.155. The van der Waals surface area contributed by atoms with Crippen molar-refractivity contribution in [1.29, 1.82) is 0 Å². The molecule has 3 rings (SSSR count). The number of aromatic nitrogens is 3. The van der Waals surface area contributed by atoms with E-state index in [0.717, 1.165) is 0 Å². The topological polar surface area (TPSA) is 118 Å². The molecule has 0 fully saturated rings. The predicted octanol–water partition coefficient (Wildman–Crippen LogP) is -0.428. The maximum absolute atomic E-state index is 12.2. The molecule has 9 heteroatoms. The first-order valence-electron chi connectivity index (χ1n) is 7.35. The molecule has 3 amide bonds. The fourth-order valence-corrected chi connectivity index (χ4v) is 2.36. The zero-order valence-electron chi connectivity index (χ0n) is 12.9. The van der Waals surface area contributed by atoms with Crippen LogP contribution in [0.25, 0.3) is 0 Å². The summed E-state index contributed by atoms with van der Waals surface area (Å²) in [6, 6.07) is 5.74. The molecule has 1 aliphatic heterocycles. The third kappa shape index (κ3) is 3.40. The summed E-state index contributed by atoms with van der Waals surface area (Å²) in [5.41, 5.74) is 0.798. The number of fused-ring (bicyclic) bond motifs is 1. The van der Waals surface area contributed by atoms with Crippen LogP contribution in [0.4, 0.5) is 5.69 Å². The Morgan fingerprint density at radius 2 is 2.12 bits per heavy atom. The molecule has 0 saturated heterocycles. The summed E-state index contributed by atoms with van der Waals surface area (Å²) in [6.07, 6.45) is 1.36. The Bertz CT molecular complexity index is 800. The standard InChI is InChI=1S/C15H16N6O3/c1-21-8-17-12(20-21)7-16-13(22)6-11-15(24)18-10-5-3-2-4-9(10)14(23)19-11/h2-5,8,11H,6-7H2,1H3,(H,16,22)(H,18,24)(H,19,23). The van der Waals surface area contributed by atoms with Crippen LogP contribution >= 0.6 is 0 Å². The smallest absolute Gasteiger partial charge is 0.254 e. The van der Waals surface area contributed by atoms with Gasteiger partial charge in [0.25, 0.3) is 5.91 Å². The van der Waals surface area contributed by atoms with Crippen molar-refractivity contribution >= 4 is 23.4 Å². The zero-order valence-corrected chi connectivity index (χ0v) is 12.9. The van der Waals surface area contributed by atoms with Crippen LogP contribution in [0, 0.1) is 0 Å². The highest BCUT2D eigenvalue weighted by Crippen LogP contribution is 2.18. The van der Waals surface area contributed by atoms with Gasteiger partial charge in [0.15, 0.2) is 5.82 Å². The number of nitrogens with zero attached hydrogens (tertiary/aromatic N) is 3. The largest absolute Gasteiger partial charge is 0.349 e. The first-order chi connectivity index (χ1) is 11.5. The lowest BCUT2D eigenvalue weighted by atomic mass is 10.1. The SMILES string of the molecule is Cn1cnc(CNC(=O)CC2NC(=O)c3ccccc3NC2=O)n1. The molecular weight excluding hydrogens is 312 g/mol. The highest BCUT2D eigenvalue weighted by Gasteiger charge is 2.29. The maximum Gasteiger partial charge on any atom is 0.254 e. The Labute approximate surface area is 137 Å². The van der Waals surface area contributed by atoms with E-state index in [9.17, 15) is 14.4 Å². The minimum absolute atomic E-state index is 0.155. The average Bonchev–Trinajstić information content (AvgIpc) is 2.93. The summed E-state index contributed by atoms with van der Waals surface area (Å²) in [7, 11) is 1.72. The number of rotatable bonds is 4. The van der Waals surface area contributed by atoms with Crippen LogP contribution in [-0.4, -0.2) is 38.5 Å². The fraction of sp³-hybridized carbons (Fsp3) is 0.267. The lowest BCUT2D eigenvalue weighted by molar-refractivity contribution is -0.125. The van der Waals surface area contributed by atoms with Crippen molar-refractivity contribution in [3.05, 3.63) is 42.0 Å². The number of aryl methyl sites for hydroxylation is 1. The highest BCUT2D eigenvalue weighted by atomic mass is 16.2. The van der Waals surface area contributed by atoms with Crippen molar-refractivity contribution in [2.45, 2.75) is 19.0 Å².